The Hall–Kier alpha value is -1.71. The molecular formula is C29H38ClNO2. The van der Waals surface area contributed by atoms with Gasteiger partial charge in [0.1, 0.15) is 6.61 Å². The van der Waals surface area contributed by atoms with E-state index >= 15 is 0 Å². The van der Waals surface area contributed by atoms with Gasteiger partial charge < -0.3 is 14.8 Å². The van der Waals surface area contributed by atoms with Gasteiger partial charge in [0.25, 0.3) is 0 Å². The number of hydrogen-bond donors (Lipinski definition) is 1. The van der Waals surface area contributed by atoms with Crippen LogP contribution in [0.3, 0.4) is 0 Å². The molecule has 2 aromatic rings. The molecule has 0 amide bonds. The van der Waals surface area contributed by atoms with Crippen molar-refractivity contribution in [3.05, 3.63) is 58.1 Å². The van der Waals surface area contributed by atoms with E-state index in [0.29, 0.717) is 29.8 Å². The van der Waals surface area contributed by atoms with Crippen molar-refractivity contribution in [3.8, 4) is 11.5 Å². The summed E-state index contributed by atoms with van der Waals surface area (Å²) in [6.45, 7) is 11.0. The first kappa shape index (κ1) is 23.1. The molecule has 4 bridgehead atoms. The molecule has 0 spiro atoms. The first-order valence-electron chi connectivity index (χ1n) is 12.6. The highest BCUT2D eigenvalue weighted by atomic mass is 35.5. The molecule has 3 nitrogen and oxygen atoms in total. The normalized spacial score (nSPS) is 32.2. The zero-order valence-corrected chi connectivity index (χ0v) is 21.4. The van der Waals surface area contributed by atoms with Crippen molar-refractivity contribution in [2.75, 3.05) is 6.61 Å². The van der Waals surface area contributed by atoms with Gasteiger partial charge in [0.15, 0.2) is 11.5 Å². The second-order valence-electron chi connectivity index (χ2n) is 11.9. The van der Waals surface area contributed by atoms with Crippen LogP contribution in [-0.2, 0) is 13.2 Å². The van der Waals surface area contributed by atoms with E-state index in [4.69, 9.17) is 21.1 Å². The molecule has 33 heavy (non-hydrogen) atoms. The lowest BCUT2D eigenvalue weighted by molar-refractivity contribution is -0.118. The summed E-state index contributed by atoms with van der Waals surface area (Å²) >= 11 is 6.77. The summed E-state index contributed by atoms with van der Waals surface area (Å²) in [6, 6.07) is 12.4. The molecule has 0 radical (unpaired) electrons. The number of rotatable bonds is 8. The fourth-order valence-corrected chi connectivity index (χ4v) is 8.20. The Morgan fingerprint density at radius 1 is 0.970 bits per heavy atom. The van der Waals surface area contributed by atoms with Crippen molar-refractivity contribution in [1.82, 2.24) is 5.32 Å². The summed E-state index contributed by atoms with van der Waals surface area (Å²) in [4.78, 5) is 0. The van der Waals surface area contributed by atoms with Gasteiger partial charge in [-0.2, -0.15) is 0 Å². The van der Waals surface area contributed by atoms with Crippen molar-refractivity contribution in [2.45, 2.75) is 84.9 Å². The summed E-state index contributed by atoms with van der Waals surface area (Å²) in [5, 5.41) is 4.75. The van der Waals surface area contributed by atoms with Crippen LogP contribution in [0, 0.1) is 23.7 Å². The Bertz CT molecular complexity index is 1020. The van der Waals surface area contributed by atoms with Gasteiger partial charge in [0.2, 0.25) is 0 Å². The Labute approximate surface area is 204 Å². The molecular weight excluding hydrogens is 430 g/mol. The van der Waals surface area contributed by atoms with Crippen LogP contribution in [0.4, 0.5) is 0 Å². The predicted molar refractivity (Wildman–Crippen MR) is 135 cm³/mol. The molecule has 0 aromatic heterocycles. The average Bonchev–Trinajstić information content (AvgIpc) is 2.70. The summed E-state index contributed by atoms with van der Waals surface area (Å²) in [7, 11) is 0. The Morgan fingerprint density at radius 2 is 1.70 bits per heavy atom. The van der Waals surface area contributed by atoms with Gasteiger partial charge in [0, 0.05) is 23.2 Å². The number of ether oxygens (including phenoxy) is 2. The third-order valence-electron chi connectivity index (χ3n) is 8.17. The fourth-order valence-electron chi connectivity index (χ4n) is 7.98. The first-order valence-corrected chi connectivity index (χ1v) is 13.0. The van der Waals surface area contributed by atoms with Crippen molar-refractivity contribution in [2.24, 2.45) is 16.7 Å². The zero-order chi connectivity index (χ0) is 23.3. The maximum absolute atomic E-state index is 6.77. The Balaban J connectivity index is 1.32. The van der Waals surface area contributed by atoms with Gasteiger partial charge in [0.05, 0.1) is 6.61 Å². The fraction of sp³-hybridized carbons (Fsp3) is 0.586. The molecule has 1 N–H and O–H groups in total. The lowest BCUT2D eigenvalue weighted by Gasteiger charge is -2.65. The molecule has 0 saturated heterocycles. The third kappa shape index (κ3) is 4.77. The standard InChI is InChI=1S/C29H38ClNO2/c1-5-32-25-10-23(24(30)11-26(25)33-16-21-8-6-7-20(2)9-21)15-31-29-14-22-12-27(3,18-29)17-28(4,13-22)19-29/h6-11,22,31H,5,12-19H2,1-4H3. The lowest BCUT2D eigenvalue weighted by Crippen LogP contribution is -2.63. The van der Waals surface area contributed by atoms with E-state index < -0.39 is 0 Å². The Kier molecular flexibility index (Phi) is 5.94. The maximum Gasteiger partial charge on any atom is 0.163 e. The molecule has 2 unspecified atom stereocenters. The van der Waals surface area contributed by atoms with Gasteiger partial charge in [-0.25, -0.2) is 0 Å². The van der Waals surface area contributed by atoms with Crippen LogP contribution < -0.4 is 14.8 Å². The molecule has 4 aliphatic carbocycles. The van der Waals surface area contributed by atoms with E-state index in [1.807, 2.05) is 13.0 Å². The van der Waals surface area contributed by atoms with E-state index in [1.54, 1.807) is 0 Å². The molecule has 0 heterocycles. The molecule has 0 aliphatic heterocycles. The SMILES string of the molecule is CCOc1cc(CNC23CC4CC(C)(CC(C)(C4)C2)C3)c(Cl)cc1OCc1cccc(C)c1. The maximum atomic E-state index is 6.77. The van der Waals surface area contributed by atoms with E-state index in [9.17, 15) is 0 Å². The minimum Gasteiger partial charge on any atom is -0.490 e. The van der Waals surface area contributed by atoms with Crippen molar-refractivity contribution < 1.29 is 9.47 Å². The van der Waals surface area contributed by atoms with E-state index in [1.165, 1.54) is 44.1 Å². The molecule has 178 valence electrons. The van der Waals surface area contributed by atoms with Gasteiger partial charge in [-0.3, -0.25) is 0 Å². The quantitative estimate of drug-likeness (QED) is 0.436. The summed E-state index contributed by atoms with van der Waals surface area (Å²) in [6.07, 6.45) is 8.11. The molecule has 4 heteroatoms. The van der Waals surface area contributed by atoms with Crippen LogP contribution >= 0.6 is 11.6 Å². The number of hydrogen-bond acceptors (Lipinski definition) is 3. The topological polar surface area (TPSA) is 30.5 Å². The smallest absolute Gasteiger partial charge is 0.163 e. The number of benzene rings is 2. The molecule has 4 saturated carbocycles. The summed E-state index contributed by atoms with van der Waals surface area (Å²) in [5.74, 6) is 2.35. The highest BCUT2D eigenvalue weighted by Crippen LogP contribution is 2.66. The highest BCUT2D eigenvalue weighted by molar-refractivity contribution is 6.31. The largest absolute Gasteiger partial charge is 0.490 e. The van der Waals surface area contributed by atoms with Crippen LogP contribution in [0.1, 0.15) is 76.0 Å². The summed E-state index contributed by atoms with van der Waals surface area (Å²) in [5.41, 5.74) is 4.70. The van der Waals surface area contributed by atoms with Crippen molar-refractivity contribution in [1.29, 1.82) is 0 Å². The van der Waals surface area contributed by atoms with Gasteiger partial charge in [-0.05, 0) is 86.3 Å². The molecule has 6 rings (SSSR count). The van der Waals surface area contributed by atoms with Crippen LogP contribution in [0.2, 0.25) is 5.02 Å². The predicted octanol–water partition coefficient (Wildman–Crippen LogP) is 7.46. The average molecular weight is 468 g/mol. The van der Waals surface area contributed by atoms with E-state index in [0.717, 1.165) is 34.4 Å². The van der Waals surface area contributed by atoms with Gasteiger partial charge >= 0.3 is 0 Å². The highest BCUT2D eigenvalue weighted by Gasteiger charge is 2.59. The molecule has 2 atom stereocenters. The molecule has 4 fully saturated rings. The minimum absolute atomic E-state index is 0.248. The molecule has 2 aromatic carbocycles. The number of halogens is 1. The van der Waals surface area contributed by atoms with Crippen LogP contribution in [-0.4, -0.2) is 12.1 Å². The van der Waals surface area contributed by atoms with Gasteiger partial charge in [-0.1, -0.05) is 55.3 Å². The second-order valence-corrected chi connectivity index (χ2v) is 12.3. The third-order valence-corrected chi connectivity index (χ3v) is 8.52. The summed E-state index contributed by atoms with van der Waals surface area (Å²) < 4.78 is 12.1. The van der Waals surface area contributed by atoms with E-state index in [-0.39, 0.29) is 5.54 Å². The first-order chi connectivity index (χ1) is 15.7. The Morgan fingerprint density at radius 3 is 2.36 bits per heavy atom. The van der Waals surface area contributed by atoms with Crippen LogP contribution in [0.15, 0.2) is 36.4 Å². The van der Waals surface area contributed by atoms with Crippen LogP contribution in [0.25, 0.3) is 0 Å². The van der Waals surface area contributed by atoms with E-state index in [2.05, 4.69) is 56.4 Å². The monoisotopic (exact) mass is 467 g/mol. The minimum atomic E-state index is 0.248. The number of aryl methyl sites for hydroxylation is 1. The number of nitrogens with one attached hydrogen (secondary N) is 1. The zero-order valence-electron chi connectivity index (χ0n) is 20.6. The van der Waals surface area contributed by atoms with Crippen molar-refractivity contribution in [3.63, 3.8) is 0 Å². The second kappa shape index (κ2) is 8.50. The molecule has 4 aliphatic rings. The lowest BCUT2D eigenvalue weighted by atomic mass is 9.43. The van der Waals surface area contributed by atoms with Gasteiger partial charge in [-0.15, -0.1) is 0 Å². The van der Waals surface area contributed by atoms with Crippen molar-refractivity contribution >= 4 is 11.6 Å². The van der Waals surface area contributed by atoms with Crippen LogP contribution in [0.5, 0.6) is 11.5 Å².